The number of carbonyl (C=O) groups excluding carboxylic acids is 1. The molecule has 1 saturated heterocycles. The molecule has 7 heteroatoms. The summed E-state index contributed by atoms with van der Waals surface area (Å²) >= 11 is 1.84. The van der Waals surface area contributed by atoms with Gasteiger partial charge >= 0.3 is 6.09 Å². The molecule has 178 valence electrons. The van der Waals surface area contributed by atoms with Crippen molar-refractivity contribution < 1.29 is 9.53 Å². The van der Waals surface area contributed by atoms with Crippen LogP contribution in [0, 0.1) is 5.41 Å². The van der Waals surface area contributed by atoms with Gasteiger partial charge in [0, 0.05) is 42.7 Å². The number of carbonyl (C=O) groups is 1. The van der Waals surface area contributed by atoms with Crippen LogP contribution in [0.1, 0.15) is 53.8 Å². The van der Waals surface area contributed by atoms with Crippen molar-refractivity contribution in [2.24, 2.45) is 5.41 Å². The van der Waals surface area contributed by atoms with E-state index in [0.717, 1.165) is 50.4 Å². The molecule has 1 fully saturated rings. The van der Waals surface area contributed by atoms with E-state index in [0.29, 0.717) is 5.25 Å². The highest BCUT2D eigenvalue weighted by Gasteiger charge is 2.30. The molecule has 0 radical (unpaired) electrons. The lowest BCUT2D eigenvalue weighted by Gasteiger charge is -2.24. The van der Waals surface area contributed by atoms with E-state index in [1.54, 1.807) is 0 Å². The highest BCUT2D eigenvalue weighted by Crippen LogP contribution is 2.33. The van der Waals surface area contributed by atoms with E-state index in [2.05, 4.69) is 62.5 Å². The molecule has 2 heterocycles. The molecule has 1 amide bonds. The van der Waals surface area contributed by atoms with Crippen LogP contribution < -0.4 is 0 Å². The van der Waals surface area contributed by atoms with E-state index in [4.69, 9.17) is 9.72 Å². The number of fused-ring (bicyclic) bond motifs is 1. The SMILES string of the molecule is CN(C)CCn1c(CC(C)(C)C)nc2cc(SC3CCN(C(=O)OC(C)(C)C)C3)ccc21. The van der Waals surface area contributed by atoms with Crippen LogP contribution >= 0.6 is 11.8 Å². The molecule has 1 aromatic carbocycles. The Balaban J connectivity index is 1.74. The van der Waals surface area contributed by atoms with Crippen molar-refractivity contribution in [3.63, 3.8) is 0 Å². The van der Waals surface area contributed by atoms with Gasteiger partial charge in [-0.1, -0.05) is 20.8 Å². The van der Waals surface area contributed by atoms with E-state index >= 15 is 0 Å². The van der Waals surface area contributed by atoms with E-state index in [9.17, 15) is 4.79 Å². The summed E-state index contributed by atoms with van der Waals surface area (Å²) < 4.78 is 7.92. The number of hydrogen-bond donors (Lipinski definition) is 0. The molecule has 0 saturated carbocycles. The van der Waals surface area contributed by atoms with E-state index in [1.807, 2.05) is 37.4 Å². The number of benzene rings is 1. The smallest absolute Gasteiger partial charge is 0.410 e. The summed E-state index contributed by atoms with van der Waals surface area (Å²) in [5.74, 6) is 1.16. The van der Waals surface area contributed by atoms with Crippen molar-refractivity contribution in [2.45, 2.75) is 76.7 Å². The van der Waals surface area contributed by atoms with Crippen molar-refractivity contribution >= 4 is 28.9 Å². The molecular formula is C25H40N4O2S. The van der Waals surface area contributed by atoms with Crippen molar-refractivity contribution in [1.82, 2.24) is 19.4 Å². The normalized spacial score (nSPS) is 17.5. The maximum Gasteiger partial charge on any atom is 0.410 e. The Bertz CT molecular complexity index is 940. The molecule has 1 unspecified atom stereocenters. The zero-order valence-electron chi connectivity index (χ0n) is 21.1. The highest BCUT2D eigenvalue weighted by atomic mass is 32.2. The van der Waals surface area contributed by atoms with Gasteiger partial charge in [0.1, 0.15) is 11.4 Å². The summed E-state index contributed by atoms with van der Waals surface area (Å²) in [6, 6.07) is 6.64. The molecule has 1 aliphatic rings. The number of aromatic nitrogens is 2. The van der Waals surface area contributed by atoms with Gasteiger partial charge in [-0.15, -0.1) is 11.8 Å². The molecule has 0 bridgehead atoms. The summed E-state index contributed by atoms with van der Waals surface area (Å²) in [6.45, 7) is 15.9. The van der Waals surface area contributed by atoms with Gasteiger partial charge in [0.15, 0.2) is 0 Å². The number of likely N-dealkylation sites (tertiary alicyclic amines) is 1. The van der Waals surface area contributed by atoms with Crippen LogP contribution in [0.5, 0.6) is 0 Å². The fourth-order valence-electron chi connectivity index (χ4n) is 3.90. The van der Waals surface area contributed by atoms with Crippen LogP contribution in [0.2, 0.25) is 0 Å². The number of hydrogen-bond acceptors (Lipinski definition) is 5. The minimum atomic E-state index is -0.455. The zero-order valence-corrected chi connectivity index (χ0v) is 21.9. The van der Waals surface area contributed by atoms with Gasteiger partial charge in [-0.25, -0.2) is 9.78 Å². The quantitative estimate of drug-likeness (QED) is 0.586. The van der Waals surface area contributed by atoms with Gasteiger partial charge in [0.25, 0.3) is 0 Å². The van der Waals surface area contributed by atoms with Crippen LogP contribution in [0.4, 0.5) is 4.79 Å². The Hall–Kier alpha value is -1.73. The average molecular weight is 461 g/mol. The molecule has 2 aromatic rings. The highest BCUT2D eigenvalue weighted by molar-refractivity contribution is 8.00. The standard InChI is InChI=1S/C25H40N4O2S/c1-24(2,3)16-22-26-20-15-18(9-10-21(20)29(22)14-13-27(7)8)32-19-11-12-28(17-19)23(30)31-25(4,5)6/h9-10,15,19H,11-14,16-17H2,1-8H3. The molecule has 3 rings (SSSR count). The molecule has 1 atom stereocenters. The number of likely N-dealkylation sites (N-methyl/N-ethyl adjacent to an activating group) is 1. The fraction of sp³-hybridized carbons (Fsp3) is 0.680. The predicted octanol–water partition coefficient (Wildman–Crippen LogP) is 5.29. The number of thioether (sulfide) groups is 1. The first-order valence-corrected chi connectivity index (χ1v) is 12.5. The van der Waals surface area contributed by atoms with Crippen molar-refractivity contribution in [2.75, 3.05) is 33.7 Å². The Kier molecular flexibility index (Phi) is 7.50. The first kappa shape index (κ1) is 24.9. The maximum absolute atomic E-state index is 12.4. The summed E-state index contributed by atoms with van der Waals surface area (Å²) in [6.07, 6.45) is 1.72. The third-order valence-electron chi connectivity index (χ3n) is 5.36. The van der Waals surface area contributed by atoms with Gasteiger partial charge in [-0.05, 0) is 64.9 Å². The summed E-state index contributed by atoms with van der Waals surface area (Å²) in [5.41, 5.74) is 2.00. The number of rotatable bonds is 6. The first-order chi connectivity index (χ1) is 14.8. The van der Waals surface area contributed by atoms with Gasteiger partial charge < -0.3 is 19.1 Å². The lowest BCUT2D eigenvalue weighted by Crippen LogP contribution is -2.35. The molecule has 6 nitrogen and oxygen atoms in total. The van der Waals surface area contributed by atoms with Crippen LogP contribution in [-0.4, -0.2) is 70.0 Å². The maximum atomic E-state index is 12.4. The van der Waals surface area contributed by atoms with Crippen LogP contribution in [-0.2, 0) is 17.7 Å². The monoisotopic (exact) mass is 460 g/mol. The van der Waals surface area contributed by atoms with E-state index in [-0.39, 0.29) is 11.5 Å². The van der Waals surface area contributed by atoms with E-state index in [1.165, 1.54) is 10.4 Å². The summed E-state index contributed by atoms with van der Waals surface area (Å²) in [4.78, 5) is 22.7. The minimum Gasteiger partial charge on any atom is -0.444 e. The number of imidazole rings is 1. The van der Waals surface area contributed by atoms with E-state index < -0.39 is 5.60 Å². The average Bonchev–Trinajstić information content (AvgIpc) is 3.21. The molecule has 0 spiro atoms. The van der Waals surface area contributed by atoms with Crippen molar-refractivity contribution in [3.05, 3.63) is 24.0 Å². The fourth-order valence-corrected chi connectivity index (χ4v) is 5.09. The zero-order chi connectivity index (χ0) is 23.7. The Morgan fingerprint density at radius 3 is 2.56 bits per heavy atom. The number of nitrogens with zero attached hydrogens (tertiary/aromatic N) is 4. The second-order valence-electron chi connectivity index (χ2n) is 11.3. The molecule has 1 aromatic heterocycles. The lowest BCUT2D eigenvalue weighted by atomic mass is 9.92. The largest absolute Gasteiger partial charge is 0.444 e. The predicted molar refractivity (Wildman–Crippen MR) is 134 cm³/mol. The van der Waals surface area contributed by atoms with Gasteiger partial charge in [-0.3, -0.25) is 0 Å². The summed E-state index contributed by atoms with van der Waals surface area (Å²) in [7, 11) is 4.22. The molecule has 32 heavy (non-hydrogen) atoms. The van der Waals surface area contributed by atoms with Gasteiger partial charge in [-0.2, -0.15) is 0 Å². The second kappa shape index (κ2) is 9.64. The number of ether oxygens (including phenoxy) is 1. The third kappa shape index (κ3) is 6.88. The Morgan fingerprint density at radius 2 is 1.94 bits per heavy atom. The number of amides is 1. The summed E-state index contributed by atoms with van der Waals surface area (Å²) in [5, 5.41) is 0.379. The van der Waals surface area contributed by atoms with Crippen LogP contribution in [0.15, 0.2) is 23.1 Å². The van der Waals surface area contributed by atoms with Crippen LogP contribution in [0.3, 0.4) is 0 Å². The van der Waals surface area contributed by atoms with Gasteiger partial charge in [0.05, 0.1) is 11.0 Å². The molecular weight excluding hydrogens is 420 g/mol. The molecule has 0 N–H and O–H groups in total. The Morgan fingerprint density at radius 1 is 1.22 bits per heavy atom. The Labute approximate surface area is 197 Å². The topological polar surface area (TPSA) is 50.6 Å². The first-order valence-electron chi connectivity index (χ1n) is 11.6. The van der Waals surface area contributed by atoms with Crippen molar-refractivity contribution in [3.8, 4) is 0 Å². The van der Waals surface area contributed by atoms with Crippen LogP contribution in [0.25, 0.3) is 11.0 Å². The third-order valence-corrected chi connectivity index (χ3v) is 6.60. The second-order valence-corrected chi connectivity index (χ2v) is 12.7. The van der Waals surface area contributed by atoms with Gasteiger partial charge in [0.2, 0.25) is 0 Å². The molecule has 1 aliphatic heterocycles. The lowest BCUT2D eigenvalue weighted by molar-refractivity contribution is 0.0295. The van der Waals surface area contributed by atoms with Crippen molar-refractivity contribution in [1.29, 1.82) is 0 Å². The minimum absolute atomic E-state index is 0.184. The molecule has 0 aliphatic carbocycles.